The topological polar surface area (TPSA) is 57.7 Å². The Balaban J connectivity index is 1.51. The minimum atomic E-state index is -0.384. The molecule has 25 heavy (non-hydrogen) atoms. The number of carbonyl (C=O) groups excluding carboxylic acids is 3. The van der Waals surface area contributed by atoms with Gasteiger partial charge in [-0.25, -0.2) is 0 Å². The maximum Gasteiger partial charge on any atom is 0.262 e. The lowest BCUT2D eigenvalue weighted by Gasteiger charge is -2.30. The van der Waals surface area contributed by atoms with Gasteiger partial charge in [0.15, 0.2) is 0 Å². The zero-order valence-electron chi connectivity index (χ0n) is 14.0. The van der Waals surface area contributed by atoms with Crippen LogP contribution in [0.2, 0.25) is 0 Å². The summed E-state index contributed by atoms with van der Waals surface area (Å²) in [6.45, 7) is 2.81. The largest absolute Gasteiger partial charge is 0.336 e. The van der Waals surface area contributed by atoms with Crippen molar-refractivity contribution >= 4 is 17.7 Å². The normalized spacial score (nSPS) is 16.0. The molecular formula is C20H18N2O3. The second kappa shape index (κ2) is 5.84. The van der Waals surface area contributed by atoms with Gasteiger partial charge in [-0.2, -0.15) is 0 Å². The molecule has 2 aromatic rings. The summed E-state index contributed by atoms with van der Waals surface area (Å²) in [7, 11) is 0. The van der Waals surface area contributed by atoms with Crippen molar-refractivity contribution in [1.29, 1.82) is 0 Å². The molecule has 2 heterocycles. The highest BCUT2D eigenvalue weighted by molar-refractivity contribution is 6.22. The molecular weight excluding hydrogens is 316 g/mol. The van der Waals surface area contributed by atoms with Crippen molar-refractivity contribution in [2.75, 3.05) is 13.1 Å². The molecule has 2 aliphatic heterocycles. The van der Waals surface area contributed by atoms with Crippen LogP contribution < -0.4 is 0 Å². The summed E-state index contributed by atoms with van der Waals surface area (Å²) in [5, 5.41) is 0. The van der Waals surface area contributed by atoms with Crippen molar-refractivity contribution in [1.82, 2.24) is 9.80 Å². The van der Waals surface area contributed by atoms with Crippen LogP contribution in [0.25, 0.3) is 0 Å². The van der Waals surface area contributed by atoms with Gasteiger partial charge < -0.3 is 4.90 Å². The predicted molar refractivity (Wildman–Crippen MR) is 92.1 cm³/mol. The minimum absolute atomic E-state index is 0.194. The van der Waals surface area contributed by atoms with Gasteiger partial charge in [0.1, 0.15) is 6.54 Å². The van der Waals surface area contributed by atoms with Crippen molar-refractivity contribution < 1.29 is 14.4 Å². The van der Waals surface area contributed by atoms with Crippen LogP contribution in [-0.2, 0) is 17.8 Å². The Kier molecular flexibility index (Phi) is 3.64. The van der Waals surface area contributed by atoms with E-state index in [1.54, 1.807) is 23.1 Å². The highest BCUT2D eigenvalue weighted by Gasteiger charge is 2.37. The number of imide groups is 1. The summed E-state index contributed by atoms with van der Waals surface area (Å²) >= 11 is 0. The Hall–Kier alpha value is -2.95. The molecule has 0 unspecified atom stereocenters. The van der Waals surface area contributed by atoms with Crippen LogP contribution in [0, 0.1) is 6.92 Å². The van der Waals surface area contributed by atoms with E-state index in [4.69, 9.17) is 0 Å². The molecule has 2 aromatic carbocycles. The smallest absolute Gasteiger partial charge is 0.262 e. The van der Waals surface area contributed by atoms with Gasteiger partial charge >= 0.3 is 0 Å². The number of rotatable bonds is 2. The van der Waals surface area contributed by atoms with E-state index in [1.165, 1.54) is 5.56 Å². The summed E-state index contributed by atoms with van der Waals surface area (Å²) in [5.41, 5.74) is 4.07. The van der Waals surface area contributed by atoms with E-state index in [-0.39, 0.29) is 24.3 Å². The maximum absolute atomic E-state index is 12.7. The summed E-state index contributed by atoms with van der Waals surface area (Å²) in [6.07, 6.45) is 0.795. The SMILES string of the molecule is Cc1ccc2c(c1)C(=O)N(CC(=O)N1CCc3ccccc3C1)C2=O. The highest BCUT2D eigenvalue weighted by Crippen LogP contribution is 2.24. The van der Waals surface area contributed by atoms with Crippen molar-refractivity contribution in [3.8, 4) is 0 Å². The fourth-order valence-corrected chi connectivity index (χ4v) is 3.49. The third-order valence-electron chi connectivity index (χ3n) is 4.90. The number of carbonyl (C=O) groups is 3. The molecule has 5 heteroatoms. The van der Waals surface area contributed by atoms with Gasteiger partial charge in [0.05, 0.1) is 11.1 Å². The van der Waals surface area contributed by atoms with E-state index < -0.39 is 0 Å². The van der Waals surface area contributed by atoms with Gasteiger partial charge in [-0.3, -0.25) is 19.3 Å². The van der Waals surface area contributed by atoms with Crippen LogP contribution in [-0.4, -0.2) is 40.6 Å². The predicted octanol–water partition coefficient (Wildman–Crippen LogP) is 2.18. The lowest BCUT2D eigenvalue weighted by atomic mass is 10.00. The van der Waals surface area contributed by atoms with Crippen LogP contribution in [0.15, 0.2) is 42.5 Å². The standard InChI is InChI=1S/C20H18N2O3/c1-13-6-7-16-17(10-13)20(25)22(19(16)24)12-18(23)21-9-8-14-4-2-3-5-15(14)11-21/h2-7,10H,8-9,11-12H2,1H3. The van der Waals surface area contributed by atoms with E-state index in [0.29, 0.717) is 24.2 Å². The number of aryl methyl sites for hydroxylation is 1. The molecule has 126 valence electrons. The van der Waals surface area contributed by atoms with Crippen molar-refractivity contribution in [3.63, 3.8) is 0 Å². The molecule has 0 aliphatic carbocycles. The lowest BCUT2D eigenvalue weighted by Crippen LogP contribution is -2.44. The first-order valence-electron chi connectivity index (χ1n) is 8.36. The number of amides is 3. The number of hydrogen-bond donors (Lipinski definition) is 0. The fourth-order valence-electron chi connectivity index (χ4n) is 3.49. The number of hydrogen-bond acceptors (Lipinski definition) is 3. The van der Waals surface area contributed by atoms with Crippen LogP contribution in [0.3, 0.4) is 0 Å². The van der Waals surface area contributed by atoms with Gasteiger partial charge in [0.25, 0.3) is 11.8 Å². The first-order chi connectivity index (χ1) is 12.0. The maximum atomic E-state index is 12.7. The van der Waals surface area contributed by atoms with Gasteiger partial charge in [-0.05, 0) is 36.6 Å². The molecule has 3 amide bonds. The lowest BCUT2D eigenvalue weighted by molar-refractivity contribution is -0.132. The Morgan fingerprint density at radius 2 is 1.72 bits per heavy atom. The molecule has 0 saturated carbocycles. The third-order valence-corrected chi connectivity index (χ3v) is 4.90. The van der Waals surface area contributed by atoms with Crippen LogP contribution in [0.1, 0.15) is 37.4 Å². The molecule has 0 bridgehead atoms. The number of nitrogens with zero attached hydrogens (tertiary/aromatic N) is 2. The van der Waals surface area contributed by atoms with E-state index in [0.717, 1.165) is 22.4 Å². The number of fused-ring (bicyclic) bond motifs is 2. The summed E-state index contributed by atoms with van der Waals surface area (Å²) in [4.78, 5) is 40.4. The Labute approximate surface area is 145 Å². The first-order valence-corrected chi connectivity index (χ1v) is 8.36. The van der Waals surface area contributed by atoms with Crippen LogP contribution >= 0.6 is 0 Å². The Morgan fingerprint density at radius 1 is 1.00 bits per heavy atom. The second-order valence-electron chi connectivity index (χ2n) is 6.58. The van der Waals surface area contributed by atoms with E-state index in [2.05, 4.69) is 6.07 Å². The molecule has 0 saturated heterocycles. The summed E-state index contributed by atoms with van der Waals surface area (Å²) in [5.74, 6) is -0.957. The van der Waals surface area contributed by atoms with Crippen LogP contribution in [0.4, 0.5) is 0 Å². The zero-order valence-corrected chi connectivity index (χ0v) is 14.0. The van der Waals surface area contributed by atoms with Gasteiger partial charge in [0.2, 0.25) is 5.91 Å². The molecule has 5 nitrogen and oxygen atoms in total. The summed E-state index contributed by atoms with van der Waals surface area (Å²) in [6, 6.07) is 13.2. The Morgan fingerprint density at radius 3 is 2.52 bits per heavy atom. The average Bonchev–Trinajstić information content (AvgIpc) is 2.85. The van der Waals surface area contributed by atoms with Gasteiger partial charge in [0, 0.05) is 13.1 Å². The van der Waals surface area contributed by atoms with Crippen molar-refractivity contribution in [3.05, 3.63) is 70.3 Å². The fraction of sp³-hybridized carbons (Fsp3) is 0.250. The number of benzene rings is 2. The second-order valence-corrected chi connectivity index (χ2v) is 6.58. The van der Waals surface area contributed by atoms with Gasteiger partial charge in [-0.1, -0.05) is 35.9 Å². The zero-order chi connectivity index (χ0) is 17.6. The molecule has 0 fully saturated rings. The monoisotopic (exact) mass is 334 g/mol. The molecule has 0 N–H and O–H groups in total. The minimum Gasteiger partial charge on any atom is -0.336 e. The third kappa shape index (κ3) is 2.61. The highest BCUT2D eigenvalue weighted by atomic mass is 16.2. The van der Waals surface area contributed by atoms with Crippen LogP contribution in [0.5, 0.6) is 0 Å². The molecule has 0 aromatic heterocycles. The van der Waals surface area contributed by atoms with E-state index in [9.17, 15) is 14.4 Å². The van der Waals surface area contributed by atoms with Gasteiger partial charge in [-0.15, -0.1) is 0 Å². The molecule has 0 spiro atoms. The van der Waals surface area contributed by atoms with E-state index in [1.807, 2.05) is 25.1 Å². The first kappa shape index (κ1) is 15.6. The van der Waals surface area contributed by atoms with E-state index >= 15 is 0 Å². The molecule has 2 aliphatic rings. The molecule has 0 radical (unpaired) electrons. The average molecular weight is 334 g/mol. The van der Waals surface area contributed by atoms with Crippen molar-refractivity contribution in [2.24, 2.45) is 0 Å². The summed E-state index contributed by atoms with van der Waals surface area (Å²) < 4.78 is 0. The molecule has 4 rings (SSSR count). The molecule has 0 atom stereocenters. The Bertz CT molecular complexity index is 904. The quantitative estimate of drug-likeness (QED) is 0.791. The van der Waals surface area contributed by atoms with Crippen molar-refractivity contribution in [2.45, 2.75) is 19.9 Å².